The third-order valence-electron chi connectivity index (χ3n) is 3.80. The summed E-state index contributed by atoms with van der Waals surface area (Å²) in [5.74, 6) is 0.433. The molecule has 0 heterocycles. The first-order chi connectivity index (χ1) is 11.4. The molecule has 0 amide bonds. The molecular formula is C20H24O4. The molecule has 2 aromatic carbocycles. The van der Waals surface area contributed by atoms with Gasteiger partial charge in [0.2, 0.25) is 0 Å². The summed E-state index contributed by atoms with van der Waals surface area (Å²) < 4.78 is 11.7. The van der Waals surface area contributed by atoms with Gasteiger partial charge in [0.1, 0.15) is 6.61 Å². The summed E-state index contributed by atoms with van der Waals surface area (Å²) in [5, 5.41) is 9.40. The molecule has 0 atom stereocenters. The summed E-state index contributed by atoms with van der Waals surface area (Å²) in [4.78, 5) is 11.5. The highest BCUT2D eigenvalue weighted by Gasteiger charge is 2.29. The molecule has 2 aromatic rings. The molecule has 1 N–H and O–H groups in total. The van der Waals surface area contributed by atoms with Gasteiger partial charge in [-0.15, -0.1) is 0 Å². The predicted octanol–water partition coefficient (Wildman–Crippen LogP) is 4.32. The van der Waals surface area contributed by atoms with E-state index < -0.39 is 11.4 Å². The number of benzene rings is 2. The van der Waals surface area contributed by atoms with Crippen molar-refractivity contribution in [3.8, 4) is 11.5 Å². The molecule has 0 aromatic heterocycles. The van der Waals surface area contributed by atoms with E-state index in [0.717, 1.165) is 11.1 Å². The zero-order valence-electron chi connectivity index (χ0n) is 14.4. The Kier molecular flexibility index (Phi) is 5.85. The second kappa shape index (κ2) is 7.86. The van der Waals surface area contributed by atoms with E-state index in [1.807, 2.05) is 55.5 Å². The first kappa shape index (κ1) is 17.9. The number of hydrogen-bond donors (Lipinski definition) is 1. The Morgan fingerprint density at radius 3 is 2.38 bits per heavy atom. The minimum absolute atomic E-state index is 0.368. The van der Waals surface area contributed by atoms with Crippen molar-refractivity contribution in [2.75, 3.05) is 6.61 Å². The van der Waals surface area contributed by atoms with E-state index in [1.165, 1.54) is 0 Å². The topological polar surface area (TPSA) is 55.8 Å². The first-order valence-corrected chi connectivity index (χ1v) is 8.09. The van der Waals surface area contributed by atoms with Crippen LogP contribution in [0.2, 0.25) is 0 Å². The Balaban J connectivity index is 2.29. The summed E-state index contributed by atoms with van der Waals surface area (Å²) in [5.41, 5.74) is 1.01. The molecule has 0 radical (unpaired) electrons. The molecule has 0 saturated carbocycles. The molecule has 0 saturated heterocycles. The molecule has 0 spiro atoms. The summed E-state index contributed by atoms with van der Waals surface area (Å²) >= 11 is 0. The van der Waals surface area contributed by atoms with E-state index in [9.17, 15) is 9.90 Å². The molecule has 0 aliphatic carbocycles. The molecule has 0 fully saturated rings. The van der Waals surface area contributed by atoms with E-state index in [4.69, 9.17) is 9.47 Å². The smallest absolute Gasteiger partial charge is 0.309 e. The van der Waals surface area contributed by atoms with E-state index in [0.29, 0.717) is 31.1 Å². The van der Waals surface area contributed by atoms with Crippen LogP contribution in [0.4, 0.5) is 0 Å². The second-order valence-electron chi connectivity index (χ2n) is 6.32. The Bertz CT molecular complexity index is 677. The number of carboxylic acids is 1. The summed E-state index contributed by atoms with van der Waals surface area (Å²) in [6, 6.07) is 15.5. The standard InChI is InChI=1S/C20H24O4/c1-4-23-17-12-8-11-16(13-20(2,3)19(21)22)18(17)24-14-15-9-6-5-7-10-15/h5-12H,4,13-14H2,1-3H3,(H,21,22). The lowest BCUT2D eigenvalue weighted by molar-refractivity contribution is -0.146. The predicted molar refractivity (Wildman–Crippen MR) is 93.5 cm³/mol. The van der Waals surface area contributed by atoms with Crippen molar-refractivity contribution < 1.29 is 19.4 Å². The van der Waals surface area contributed by atoms with E-state index >= 15 is 0 Å². The average Bonchev–Trinajstić information content (AvgIpc) is 2.55. The third kappa shape index (κ3) is 4.51. The van der Waals surface area contributed by atoms with Gasteiger partial charge in [-0.3, -0.25) is 4.79 Å². The van der Waals surface area contributed by atoms with Crippen molar-refractivity contribution in [1.29, 1.82) is 0 Å². The van der Waals surface area contributed by atoms with Crippen molar-refractivity contribution in [2.24, 2.45) is 5.41 Å². The van der Waals surface area contributed by atoms with E-state index in [-0.39, 0.29) is 0 Å². The van der Waals surface area contributed by atoms with Gasteiger partial charge in [0.25, 0.3) is 0 Å². The Morgan fingerprint density at radius 1 is 1.04 bits per heavy atom. The van der Waals surface area contributed by atoms with Crippen LogP contribution in [0.5, 0.6) is 11.5 Å². The Morgan fingerprint density at radius 2 is 1.75 bits per heavy atom. The third-order valence-corrected chi connectivity index (χ3v) is 3.80. The fraction of sp³-hybridized carbons (Fsp3) is 0.350. The van der Waals surface area contributed by atoms with E-state index in [2.05, 4.69) is 0 Å². The molecule has 0 aliphatic heterocycles. The number of carboxylic acid groups (broad SMARTS) is 1. The van der Waals surface area contributed by atoms with Crippen molar-refractivity contribution in [3.05, 3.63) is 59.7 Å². The van der Waals surface area contributed by atoms with Gasteiger partial charge in [-0.1, -0.05) is 42.5 Å². The lowest BCUT2D eigenvalue weighted by Crippen LogP contribution is -2.26. The van der Waals surface area contributed by atoms with Crippen molar-refractivity contribution in [3.63, 3.8) is 0 Å². The molecule has 0 bridgehead atoms. The van der Waals surface area contributed by atoms with E-state index in [1.54, 1.807) is 13.8 Å². The maximum atomic E-state index is 11.5. The minimum atomic E-state index is -0.879. The molecule has 4 heteroatoms. The fourth-order valence-corrected chi connectivity index (χ4v) is 2.41. The molecule has 128 valence electrons. The van der Waals surface area contributed by atoms with Crippen LogP contribution in [0, 0.1) is 5.41 Å². The van der Waals surface area contributed by atoms with Gasteiger partial charge in [0.15, 0.2) is 11.5 Å². The monoisotopic (exact) mass is 328 g/mol. The second-order valence-corrected chi connectivity index (χ2v) is 6.32. The van der Waals surface area contributed by atoms with Gasteiger partial charge in [-0.05, 0) is 44.4 Å². The van der Waals surface area contributed by atoms with Crippen LogP contribution in [0.15, 0.2) is 48.5 Å². The zero-order valence-corrected chi connectivity index (χ0v) is 14.4. The summed E-state index contributed by atoms with van der Waals surface area (Å²) in [6.45, 7) is 6.26. The van der Waals surface area contributed by atoms with Crippen molar-refractivity contribution in [1.82, 2.24) is 0 Å². The number of carbonyl (C=O) groups is 1. The maximum Gasteiger partial charge on any atom is 0.309 e. The number of aliphatic carboxylic acids is 1. The summed E-state index contributed by atoms with van der Waals surface area (Å²) in [7, 11) is 0. The van der Waals surface area contributed by atoms with Crippen LogP contribution < -0.4 is 9.47 Å². The van der Waals surface area contributed by atoms with Gasteiger partial charge in [0, 0.05) is 0 Å². The zero-order chi connectivity index (χ0) is 17.6. The van der Waals surface area contributed by atoms with Crippen LogP contribution in [0.3, 0.4) is 0 Å². The van der Waals surface area contributed by atoms with Crippen molar-refractivity contribution >= 4 is 5.97 Å². The highest BCUT2D eigenvalue weighted by molar-refractivity contribution is 5.74. The molecule has 0 unspecified atom stereocenters. The number of ether oxygens (including phenoxy) is 2. The van der Waals surface area contributed by atoms with Gasteiger partial charge in [-0.2, -0.15) is 0 Å². The van der Waals surface area contributed by atoms with Crippen LogP contribution in [-0.4, -0.2) is 17.7 Å². The Labute approximate surface area is 143 Å². The largest absolute Gasteiger partial charge is 0.490 e. The lowest BCUT2D eigenvalue weighted by atomic mass is 9.85. The van der Waals surface area contributed by atoms with Crippen LogP contribution in [0.1, 0.15) is 31.9 Å². The van der Waals surface area contributed by atoms with Gasteiger partial charge < -0.3 is 14.6 Å². The van der Waals surface area contributed by atoms with Crippen molar-refractivity contribution in [2.45, 2.75) is 33.8 Å². The van der Waals surface area contributed by atoms with Gasteiger partial charge >= 0.3 is 5.97 Å². The fourth-order valence-electron chi connectivity index (χ4n) is 2.41. The summed E-state index contributed by atoms with van der Waals surface area (Å²) in [6.07, 6.45) is 0.368. The van der Waals surface area contributed by atoms with Crippen LogP contribution in [0.25, 0.3) is 0 Å². The first-order valence-electron chi connectivity index (χ1n) is 8.09. The highest BCUT2D eigenvalue weighted by Crippen LogP contribution is 2.36. The lowest BCUT2D eigenvalue weighted by Gasteiger charge is -2.22. The highest BCUT2D eigenvalue weighted by atomic mass is 16.5. The molecular weight excluding hydrogens is 304 g/mol. The van der Waals surface area contributed by atoms with Gasteiger partial charge in [-0.25, -0.2) is 0 Å². The quantitative estimate of drug-likeness (QED) is 0.784. The molecule has 24 heavy (non-hydrogen) atoms. The van der Waals surface area contributed by atoms with Crippen LogP contribution >= 0.6 is 0 Å². The number of rotatable bonds is 8. The SMILES string of the molecule is CCOc1cccc(CC(C)(C)C(=O)O)c1OCc1ccccc1. The number of hydrogen-bond acceptors (Lipinski definition) is 3. The molecule has 0 aliphatic rings. The average molecular weight is 328 g/mol. The molecule has 4 nitrogen and oxygen atoms in total. The Hall–Kier alpha value is -2.49. The van der Waals surface area contributed by atoms with Crippen LogP contribution in [-0.2, 0) is 17.8 Å². The maximum absolute atomic E-state index is 11.5. The van der Waals surface area contributed by atoms with Gasteiger partial charge in [0.05, 0.1) is 12.0 Å². The normalized spacial score (nSPS) is 11.1. The number of para-hydroxylation sites is 1. The minimum Gasteiger partial charge on any atom is -0.490 e. The molecule has 2 rings (SSSR count).